The van der Waals surface area contributed by atoms with Gasteiger partial charge in [0.25, 0.3) is 0 Å². The lowest BCUT2D eigenvalue weighted by molar-refractivity contribution is -0.120. The molecule has 1 amide bonds. The molecule has 2 aromatic rings. The third-order valence-electron chi connectivity index (χ3n) is 5.24. The summed E-state index contributed by atoms with van der Waals surface area (Å²) in [5.74, 6) is 0.761. The van der Waals surface area contributed by atoms with E-state index < -0.39 is 5.54 Å². The summed E-state index contributed by atoms with van der Waals surface area (Å²) < 4.78 is 5.38. The van der Waals surface area contributed by atoms with Crippen molar-refractivity contribution in [1.82, 2.24) is 4.98 Å². The Morgan fingerprint density at radius 3 is 2.42 bits per heavy atom. The van der Waals surface area contributed by atoms with Crippen LogP contribution < -0.4 is 16.0 Å². The molecule has 2 aliphatic rings. The fourth-order valence-corrected chi connectivity index (χ4v) is 3.70. The minimum atomic E-state index is -0.904. The van der Waals surface area contributed by atoms with Crippen molar-refractivity contribution in [2.75, 3.05) is 36.5 Å². The Labute approximate surface area is 153 Å². The fraction of sp³-hybridized carbons (Fsp3) is 0.400. The van der Waals surface area contributed by atoms with Crippen molar-refractivity contribution >= 4 is 17.4 Å². The van der Waals surface area contributed by atoms with E-state index in [1.54, 1.807) is 0 Å². The number of aromatic nitrogens is 1. The van der Waals surface area contributed by atoms with Crippen molar-refractivity contribution in [3.05, 3.63) is 53.2 Å². The Morgan fingerprint density at radius 1 is 1.15 bits per heavy atom. The molecule has 1 aromatic carbocycles. The molecule has 4 rings (SSSR count). The lowest BCUT2D eigenvalue weighted by Gasteiger charge is -2.28. The quantitative estimate of drug-likeness (QED) is 0.878. The van der Waals surface area contributed by atoms with Crippen molar-refractivity contribution in [3.8, 4) is 0 Å². The largest absolute Gasteiger partial charge is 0.378 e. The number of benzene rings is 1. The lowest BCUT2D eigenvalue weighted by Crippen LogP contribution is -2.52. The van der Waals surface area contributed by atoms with Crippen LogP contribution in [0.5, 0.6) is 0 Å². The van der Waals surface area contributed by atoms with E-state index in [4.69, 9.17) is 10.5 Å². The molecule has 1 aliphatic heterocycles. The monoisotopic (exact) mass is 352 g/mol. The summed E-state index contributed by atoms with van der Waals surface area (Å²) in [6.45, 7) is 5.02. The third kappa shape index (κ3) is 3.18. The molecule has 0 radical (unpaired) electrons. The Balaban J connectivity index is 1.48. The first-order valence-corrected chi connectivity index (χ1v) is 9.03. The van der Waals surface area contributed by atoms with E-state index in [9.17, 15) is 4.79 Å². The number of carbonyl (C=O) groups is 1. The molecule has 136 valence electrons. The first-order valence-electron chi connectivity index (χ1n) is 9.03. The van der Waals surface area contributed by atoms with Crippen LogP contribution >= 0.6 is 0 Å². The zero-order valence-corrected chi connectivity index (χ0v) is 15.0. The van der Waals surface area contributed by atoms with Gasteiger partial charge >= 0.3 is 0 Å². The van der Waals surface area contributed by atoms with Gasteiger partial charge in [-0.15, -0.1) is 0 Å². The summed E-state index contributed by atoms with van der Waals surface area (Å²) in [7, 11) is 0. The number of nitrogens with one attached hydrogen (secondary N) is 1. The number of rotatable bonds is 3. The maximum Gasteiger partial charge on any atom is 0.245 e. The highest BCUT2D eigenvalue weighted by Crippen LogP contribution is 2.30. The number of carbonyl (C=O) groups excluding carboxylic acids is 1. The maximum atomic E-state index is 12.9. The summed E-state index contributed by atoms with van der Waals surface area (Å²) in [6, 6.07) is 11.9. The van der Waals surface area contributed by atoms with Gasteiger partial charge in [-0.2, -0.15) is 0 Å². The SMILES string of the molecule is Cc1nc(N2CCOCC2)ccc1NC(=O)C1(N)Cc2ccccc2C1. The number of anilines is 2. The fourth-order valence-electron chi connectivity index (χ4n) is 3.70. The standard InChI is InChI=1S/C20H24N4O2/c1-14-17(6-7-18(22-14)24-8-10-26-11-9-24)23-19(25)20(21)12-15-4-2-3-5-16(15)13-20/h2-7H,8-13,21H2,1H3,(H,23,25). The van der Waals surface area contributed by atoms with Gasteiger partial charge in [-0.3, -0.25) is 4.79 Å². The molecule has 0 atom stereocenters. The predicted molar refractivity (Wildman–Crippen MR) is 101 cm³/mol. The van der Waals surface area contributed by atoms with E-state index in [1.165, 1.54) is 0 Å². The summed E-state index contributed by atoms with van der Waals surface area (Å²) in [6.07, 6.45) is 1.13. The second-order valence-electron chi connectivity index (χ2n) is 7.13. The molecule has 0 spiro atoms. The van der Waals surface area contributed by atoms with Crippen molar-refractivity contribution in [2.24, 2.45) is 5.73 Å². The number of fused-ring (bicyclic) bond motifs is 1. The normalized spacial score (nSPS) is 18.5. The number of aryl methyl sites for hydroxylation is 1. The zero-order chi connectivity index (χ0) is 18.1. The molecule has 6 nitrogen and oxygen atoms in total. The van der Waals surface area contributed by atoms with Crippen molar-refractivity contribution in [2.45, 2.75) is 25.3 Å². The molecule has 0 unspecified atom stereocenters. The minimum Gasteiger partial charge on any atom is -0.378 e. The molecule has 0 saturated carbocycles. The average molecular weight is 352 g/mol. The van der Waals surface area contributed by atoms with Gasteiger partial charge in [-0.25, -0.2) is 4.98 Å². The van der Waals surface area contributed by atoms with Crippen LogP contribution in [-0.2, 0) is 22.4 Å². The van der Waals surface area contributed by atoms with Crippen LogP contribution in [0.25, 0.3) is 0 Å². The van der Waals surface area contributed by atoms with Gasteiger partial charge < -0.3 is 20.7 Å². The number of nitrogens with two attached hydrogens (primary N) is 1. The van der Waals surface area contributed by atoms with Crippen LogP contribution in [0.4, 0.5) is 11.5 Å². The van der Waals surface area contributed by atoms with Crippen LogP contribution in [-0.4, -0.2) is 42.7 Å². The second-order valence-corrected chi connectivity index (χ2v) is 7.13. The van der Waals surface area contributed by atoms with Gasteiger partial charge in [-0.1, -0.05) is 24.3 Å². The number of pyridine rings is 1. The van der Waals surface area contributed by atoms with Crippen molar-refractivity contribution in [3.63, 3.8) is 0 Å². The van der Waals surface area contributed by atoms with Crippen LogP contribution in [0.15, 0.2) is 36.4 Å². The number of amides is 1. The molecule has 26 heavy (non-hydrogen) atoms. The summed E-state index contributed by atoms with van der Waals surface area (Å²) >= 11 is 0. The molecule has 1 aromatic heterocycles. The van der Waals surface area contributed by atoms with Crippen LogP contribution in [0.1, 0.15) is 16.8 Å². The van der Waals surface area contributed by atoms with Crippen LogP contribution in [0.2, 0.25) is 0 Å². The number of ether oxygens (including phenoxy) is 1. The summed E-state index contributed by atoms with van der Waals surface area (Å²) in [4.78, 5) is 19.7. The van der Waals surface area contributed by atoms with Crippen LogP contribution in [0.3, 0.4) is 0 Å². The maximum absolute atomic E-state index is 12.9. The van der Waals surface area contributed by atoms with Gasteiger partial charge in [0.15, 0.2) is 0 Å². The van der Waals surface area contributed by atoms with E-state index in [-0.39, 0.29) is 5.91 Å². The van der Waals surface area contributed by atoms with Gasteiger partial charge in [0.2, 0.25) is 5.91 Å². The third-order valence-corrected chi connectivity index (χ3v) is 5.24. The first kappa shape index (κ1) is 17.0. The Kier molecular flexibility index (Phi) is 4.38. The second kappa shape index (κ2) is 6.70. The van der Waals surface area contributed by atoms with E-state index in [2.05, 4.69) is 15.2 Å². The highest BCUT2D eigenvalue weighted by atomic mass is 16.5. The summed E-state index contributed by atoms with van der Waals surface area (Å²) in [5.41, 5.74) is 9.36. The molecule has 1 aliphatic carbocycles. The van der Waals surface area contributed by atoms with Crippen molar-refractivity contribution in [1.29, 1.82) is 0 Å². The number of hydrogen-bond donors (Lipinski definition) is 2. The molecule has 0 bridgehead atoms. The molecule has 3 N–H and O–H groups in total. The van der Waals surface area contributed by atoms with Crippen molar-refractivity contribution < 1.29 is 9.53 Å². The van der Waals surface area contributed by atoms with Gasteiger partial charge in [0, 0.05) is 13.1 Å². The first-order chi connectivity index (χ1) is 12.5. The van der Waals surface area contributed by atoms with E-state index >= 15 is 0 Å². The van der Waals surface area contributed by atoms with Gasteiger partial charge in [0.05, 0.1) is 24.6 Å². The highest BCUT2D eigenvalue weighted by Gasteiger charge is 2.40. The number of hydrogen-bond acceptors (Lipinski definition) is 5. The number of morpholine rings is 1. The highest BCUT2D eigenvalue weighted by molar-refractivity contribution is 5.99. The molecule has 1 fully saturated rings. The molecule has 2 heterocycles. The summed E-state index contributed by atoms with van der Waals surface area (Å²) in [5, 5.41) is 2.99. The van der Waals surface area contributed by atoms with E-state index in [0.717, 1.165) is 48.9 Å². The average Bonchev–Trinajstić information content (AvgIpc) is 3.01. The van der Waals surface area contributed by atoms with Crippen LogP contribution in [0, 0.1) is 6.92 Å². The Morgan fingerprint density at radius 2 is 1.81 bits per heavy atom. The lowest BCUT2D eigenvalue weighted by atomic mass is 9.96. The minimum absolute atomic E-state index is 0.155. The zero-order valence-electron chi connectivity index (χ0n) is 15.0. The van der Waals surface area contributed by atoms with Gasteiger partial charge in [0.1, 0.15) is 11.4 Å². The molecule has 1 saturated heterocycles. The molecular weight excluding hydrogens is 328 g/mol. The Hall–Kier alpha value is -2.44. The topological polar surface area (TPSA) is 80.5 Å². The molecular formula is C20H24N4O2. The van der Waals surface area contributed by atoms with E-state index in [0.29, 0.717) is 18.5 Å². The van der Waals surface area contributed by atoms with Gasteiger partial charge in [-0.05, 0) is 43.0 Å². The Bertz CT molecular complexity index is 805. The molecule has 6 heteroatoms. The van der Waals surface area contributed by atoms with E-state index in [1.807, 2.05) is 43.3 Å². The predicted octanol–water partition coefficient (Wildman–Crippen LogP) is 1.66. The number of nitrogens with zero attached hydrogens (tertiary/aromatic N) is 2. The smallest absolute Gasteiger partial charge is 0.245 e.